The van der Waals surface area contributed by atoms with E-state index in [4.69, 9.17) is 0 Å². The maximum absolute atomic E-state index is 12.6. The average Bonchev–Trinajstić information content (AvgIpc) is 3.11. The highest BCUT2D eigenvalue weighted by atomic mass is 127. The van der Waals surface area contributed by atoms with E-state index in [0.717, 1.165) is 30.1 Å². The number of halogens is 4. The second kappa shape index (κ2) is 12.0. The van der Waals surface area contributed by atoms with Gasteiger partial charge in [0.25, 0.3) is 0 Å². The van der Waals surface area contributed by atoms with Crippen molar-refractivity contribution in [2.45, 2.75) is 25.9 Å². The minimum absolute atomic E-state index is 0. The molecule has 0 unspecified atom stereocenters. The number of guanidine groups is 1. The maximum Gasteiger partial charge on any atom is 0.433 e. The van der Waals surface area contributed by atoms with E-state index in [0.29, 0.717) is 25.6 Å². The van der Waals surface area contributed by atoms with Gasteiger partial charge in [0.1, 0.15) is 5.69 Å². The number of aryl methyl sites for hydroxylation is 1. The van der Waals surface area contributed by atoms with Gasteiger partial charge in [-0.2, -0.15) is 13.2 Å². The standard InChI is InChI=1S/C16H22F3N7S.HI/c1-3-11-10-25-13(27-11)5-7-21-14(20-2)23-8-9-24-15-22-6-4-12(26-15)16(17,18)19;/h4,6,10H,3,5,7-9H2,1-2H3,(H2,20,21,23)(H,22,24,26);1H. The molecule has 28 heavy (non-hydrogen) atoms. The Labute approximate surface area is 182 Å². The van der Waals surface area contributed by atoms with Gasteiger partial charge in [0, 0.05) is 50.4 Å². The van der Waals surface area contributed by atoms with Crippen LogP contribution >= 0.6 is 35.3 Å². The number of aromatic nitrogens is 3. The lowest BCUT2D eigenvalue weighted by Gasteiger charge is -2.12. The first-order valence-corrected chi connectivity index (χ1v) is 9.26. The van der Waals surface area contributed by atoms with Crippen LogP contribution in [0.2, 0.25) is 0 Å². The van der Waals surface area contributed by atoms with E-state index in [9.17, 15) is 13.2 Å². The lowest BCUT2D eigenvalue weighted by Crippen LogP contribution is -2.40. The Morgan fingerprint density at radius 2 is 1.93 bits per heavy atom. The molecule has 156 valence electrons. The molecule has 0 aliphatic heterocycles. The fourth-order valence-electron chi connectivity index (χ4n) is 2.09. The van der Waals surface area contributed by atoms with Crippen LogP contribution in [0.3, 0.4) is 0 Å². The van der Waals surface area contributed by atoms with Crippen molar-refractivity contribution in [3.05, 3.63) is 34.0 Å². The molecule has 0 aliphatic rings. The molecular formula is C16H23F3IN7S. The molecule has 0 spiro atoms. The van der Waals surface area contributed by atoms with Crippen molar-refractivity contribution in [2.24, 2.45) is 4.99 Å². The molecule has 0 saturated carbocycles. The monoisotopic (exact) mass is 529 g/mol. The zero-order valence-electron chi connectivity index (χ0n) is 15.5. The number of thiazole rings is 1. The van der Waals surface area contributed by atoms with Gasteiger partial charge in [-0.25, -0.2) is 15.0 Å². The first kappa shape index (κ1) is 24.3. The van der Waals surface area contributed by atoms with Crippen LogP contribution in [-0.4, -0.2) is 47.6 Å². The predicted octanol–water partition coefficient (Wildman–Crippen LogP) is 2.95. The normalized spacial score (nSPS) is 11.7. The summed E-state index contributed by atoms with van der Waals surface area (Å²) in [6, 6.07) is 0.834. The van der Waals surface area contributed by atoms with E-state index in [2.05, 4.69) is 42.8 Å². The van der Waals surface area contributed by atoms with Gasteiger partial charge in [-0.15, -0.1) is 35.3 Å². The summed E-state index contributed by atoms with van der Waals surface area (Å²) in [6.07, 6.45) is 0.265. The highest BCUT2D eigenvalue weighted by molar-refractivity contribution is 14.0. The third-order valence-electron chi connectivity index (χ3n) is 3.45. The van der Waals surface area contributed by atoms with Crippen LogP contribution in [0.1, 0.15) is 22.5 Å². The molecule has 0 bridgehead atoms. The van der Waals surface area contributed by atoms with Crippen molar-refractivity contribution >= 4 is 47.2 Å². The second-order valence-corrected chi connectivity index (χ2v) is 6.64. The summed E-state index contributed by atoms with van der Waals surface area (Å²) in [5.74, 6) is 0.541. The summed E-state index contributed by atoms with van der Waals surface area (Å²) in [4.78, 5) is 16.9. The van der Waals surface area contributed by atoms with Crippen LogP contribution in [0.15, 0.2) is 23.5 Å². The van der Waals surface area contributed by atoms with E-state index in [1.165, 1.54) is 4.88 Å². The maximum atomic E-state index is 12.6. The lowest BCUT2D eigenvalue weighted by molar-refractivity contribution is -0.141. The molecule has 3 N–H and O–H groups in total. The van der Waals surface area contributed by atoms with Crippen LogP contribution in [0, 0.1) is 0 Å². The molecule has 0 fully saturated rings. The fourth-order valence-corrected chi connectivity index (χ4v) is 2.95. The number of nitrogens with zero attached hydrogens (tertiary/aromatic N) is 4. The Morgan fingerprint density at radius 1 is 1.18 bits per heavy atom. The molecule has 0 atom stereocenters. The number of nitrogens with one attached hydrogen (secondary N) is 3. The number of aliphatic imine (C=N–C) groups is 1. The van der Waals surface area contributed by atoms with Crippen LogP contribution in [0.5, 0.6) is 0 Å². The molecule has 0 aromatic carbocycles. The highest BCUT2D eigenvalue weighted by Gasteiger charge is 2.32. The van der Waals surface area contributed by atoms with Crippen molar-refractivity contribution < 1.29 is 13.2 Å². The Balaban J connectivity index is 0.00000392. The molecule has 2 aromatic rings. The number of anilines is 1. The molecule has 0 radical (unpaired) electrons. The van der Waals surface area contributed by atoms with Crippen LogP contribution in [-0.2, 0) is 19.0 Å². The average molecular weight is 529 g/mol. The van der Waals surface area contributed by atoms with Crippen molar-refractivity contribution in [3.63, 3.8) is 0 Å². The first-order valence-electron chi connectivity index (χ1n) is 8.44. The molecule has 2 rings (SSSR count). The van der Waals surface area contributed by atoms with Gasteiger partial charge in [0.2, 0.25) is 5.95 Å². The number of hydrogen-bond acceptors (Lipinski definition) is 6. The Kier molecular flexibility index (Phi) is 10.4. The lowest BCUT2D eigenvalue weighted by atomic mass is 10.4. The zero-order valence-corrected chi connectivity index (χ0v) is 18.7. The quantitative estimate of drug-likeness (QED) is 0.211. The van der Waals surface area contributed by atoms with E-state index >= 15 is 0 Å². The minimum atomic E-state index is -4.49. The third kappa shape index (κ3) is 8.12. The summed E-state index contributed by atoms with van der Waals surface area (Å²) in [5.41, 5.74) is -0.973. The fraction of sp³-hybridized carbons (Fsp3) is 0.500. The molecule has 2 heterocycles. The van der Waals surface area contributed by atoms with E-state index in [-0.39, 0.29) is 29.9 Å². The number of hydrogen-bond donors (Lipinski definition) is 3. The van der Waals surface area contributed by atoms with Crippen molar-refractivity contribution in [1.82, 2.24) is 25.6 Å². The zero-order chi connectivity index (χ0) is 19.7. The molecule has 0 aliphatic carbocycles. The summed E-state index contributed by atoms with van der Waals surface area (Å²) in [5, 5.41) is 10.1. The largest absolute Gasteiger partial charge is 0.433 e. The van der Waals surface area contributed by atoms with Gasteiger partial charge in [0.15, 0.2) is 5.96 Å². The second-order valence-electron chi connectivity index (χ2n) is 5.44. The predicted molar refractivity (Wildman–Crippen MR) is 115 cm³/mol. The van der Waals surface area contributed by atoms with Gasteiger partial charge in [-0.1, -0.05) is 6.92 Å². The van der Waals surface area contributed by atoms with Gasteiger partial charge in [-0.05, 0) is 12.5 Å². The molecule has 7 nitrogen and oxygen atoms in total. The van der Waals surface area contributed by atoms with Crippen LogP contribution in [0.25, 0.3) is 0 Å². The molecule has 2 aromatic heterocycles. The van der Waals surface area contributed by atoms with Crippen molar-refractivity contribution in [1.29, 1.82) is 0 Å². The van der Waals surface area contributed by atoms with Gasteiger partial charge in [-0.3, -0.25) is 4.99 Å². The smallest absolute Gasteiger partial charge is 0.356 e. The van der Waals surface area contributed by atoms with Crippen molar-refractivity contribution in [2.75, 3.05) is 32.0 Å². The number of alkyl halides is 3. The third-order valence-corrected chi connectivity index (χ3v) is 4.65. The molecule has 12 heteroatoms. The van der Waals surface area contributed by atoms with Crippen LogP contribution in [0.4, 0.5) is 19.1 Å². The first-order chi connectivity index (χ1) is 12.9. The summed E-state index contributed by atoms with van der Waals surface area (Å²) in [7, 11) is 1.65. The Morgan fingerprint density at radius 3 is 2.57 bits per heavy atom. The Bertz CT molecular complexity index is 752. The topological polar surface area (TPSA) is 87.1 Å². The van der Waals surface area contributed by atoms with E-state index in [1.807, 2.05) is 6.20 Å². The highest BCUT2D eigenvalue weighted by Crippen LogP contribution is 2.27. The van der Waals surface area contributed by atoms with Crippen molar-refractivity contribution in [3.8, 4) is 0 Å². The van der Waals surface area contributed by atoms with Gasteiger partial charge in [0.05, 0.1) is 5.01 Å². The SMILES string of the molecule is CCc1cnc(CCNC(=NC)NCCNc2nccc(C(F)(F)F)n2)s1.I. The summed E-state index contributed by atoms with van der Waals surface area (Å²) < 4.78 is 37.8. The van der Waals surface area contributed by atoms with Crippen LogP contribution < -0.4 is 16.0 Å². The summed E-state index contributed by atoms with van der Waals surface area (Å²) in [6.45, 7) is 3.56. The minimum Gasteiger partial charge on any atom is -0.356 e. The van der Waals surface area contributed by atoms with Gasteiger partial charge < -0.3 is 16.0 Å². The molecule has 0 saturated heterocycles. The summed E-state index contributed by atoms with van der Waals surface area (Å²) >= 11 is 1.70. The van der Waals surface area contributed by atoms with E-state index in [1.54, 1.807) is 18.4 Å². The number of rotatable bonds is 8. The molecule has 0 amide bonds. The van der Waals surface area contributed by atoms with E-state index < -0.39 is 11.9 Å². The molecular weight excluding hydrogens is 506 g/mol. The Hall–Kier alpha value is -1.70. The van der Waals surface area contributed by atoms with Gasteiger partial charge >= 0.3 is 6.18 Å².